The molecule has 2 aromatic carbocycles. The first-order valence-corrected chi connectivity index (χ1v) is 7.60. The lowest BCUT2D eigenvalue weighted by molar-refractivity contribution is 0.0976. The summed E-state index contributed by atoms with van der Waals surface area (Å²) >= 11 is 7.42. The van der Waals surface area contributed by atoms with Crippen molar-refractivity contribution < 1.29 is 4.79 Å². The molecule has 0 saturated heterocycles. The summed E-state index contributed by atoms with van der Waals surface area (Å²) in [6.07, 6.45) is 1.91. The summed E-state index contributed by atoms with van der Waals surface area (Å²) in [5.41, 5.74) is 1.20. The molecule has 4 heteroatoms. The summed E-state index contributed by atoms with van der Waals surface area (Å²) in [4.78, 5) is 13.5. The predicted molar refractivity (Wildman–Crippen MR) is 82.4 cm³/mol. The first-order valence-electron chi connectivity index (χ1n) is 5.99. The molecule has 0 saturated carbocycles. The minimum atomic E-state index is -0.831. The maximum absolute atomic E-state index is 12.6. The molecule has 20 heavy (non-hydrogen) atoms. The van der Waals surface area contributed by atoms with Gasteiger partial charge in [-0.3, -0.25) is 4.79 Å². The van der Waals surface area contributed by atoms with E-state index in [9.17, 15) is 10.1 Å². The van der Waals surface area contributed by atoms with Gasteiger partial charge in [0, 0.05) is 15.5 Å². The molecule has 2 nitrogen and oxygen atoms in total. The molecule has 2 rings (SSSR count). The molecule has 0 aliphatic rings. The van der Waals surface area contributed by atoms with Gasteiger partial charge in [-0.1, -0.05) is 41.9 Å². The number of carbonyl (C=O) groups is 1. The van der Waals surface area contributed by atoms with Crippen molar-refractivity contribution in [2.45, 2.75) is 10.8 Å². The molecule has 0 N–H and O–H groups in total. The van der Waals surface area contributed by atoms with Crippen molar-refractivity contribution in [1.82, 2.24) is 0 Å². The summed E-state index contributed by atoms with van der Waals surface area (Å²) in [5.74, 6) is -1.03. The van der Waals surface area contributed by atoms with Crippen molar-refractivity contribution in [3.8, 4) is 6.07 Å². The molecule has 0 spiro atoms. The zero-order valence-corrected chi connectivity index (χ0v) is 12.4. The third-order valence-electron chi connectivity index (χ3n) is 2.95. The smallest absolute Gasteiger partial charge is 0.185 e. The Morgan fingerprint density at radius 2 is 2.00 bits per heavy atom. The lowest BCUT2D eigenvalue weighted by Gasteiger charge is -2.11. The Bertz CT molecular complexity index is 678. The van der Waals surface area contributed by atoms with Crippen LogP contribution in [0.15, 0.2) is 53.4 Å². The van der Waals surface area contributed by atoms with Crippen LogP contribution in [-0.4, -0.2) is 12.0 Å². The Kier molecular flexibility index (Phi) is 4.84. The molecule has 2 aromatic rings. The molecule has 100 valence electrons. The third-order valence-corrected chi connectivity index (χ3v) is 3.98. The van der Waals surface area contributed by atoms with Crippen molar-refractivity contribution in [2.75, 3.05) is 6.26 Å². The van der Waals surface area contributed by atoms with Gasteiger partial charge in [-0.25, -0.2) is 0 Å². The van der Waals surface area contributed by atoms with Gasteiger partial charge >= 0.3 is 0 Å². The van der Waals surface area contributed by atoms with Gasteiger partial charge in [0.25, 0.3) is 0 Å². The van der Waals surface area contributed by atoms with Crippen LogP contribution < -0.4 is 0 Å². The number of Topliss-reactive ketones (excluding diaryl/α,β-unsaturated/α-hetero) is 1. The van der Waals surface area contributed by atoms with Gasteiger partial charge in [0.2, 0.25) is 0 Å². The highest BCUT2D eigenvalue weighted by molar-refractivity contribution is 7.98. The second-order valence-corrected chi connectivity index (χ2v) is 5.47. The molecular formula is C16H12ClNOS. The highest BCUT2D eigenvalue weighted by Crippen LogP contribution is 2.27. The zero-order chi connectivity index (χ0) is 14.5. The number of hydrogen-bond acceptors (Lipinski definition) is 3. The number of nitrogens with zero attached hydrogens (tertiary/aromatic N) is 1. The number of ketones is 1. The molecule has 0 bridgehead atoms. The van der Waals surface area contributed by atoms with E-state index < -0.39 is 5.92 Å². The Hall–Kier alpha value is -1.76. The highest BCUT2D eigenvalue weighted by Gasteiger charge is 2.23. The van der Waals surface area contributed by atoms with E-state index in [2.05, 4.69) is 6.07 Å². The number of halogens is 1. The monoisotopic (exact) mass is 301 g/mol. The summed E-state index contributed by atoms with van der Waals surface area (Å²) in [5, 5.41) is 9.87. The number of rotatable bonds is 4. The second kappa shape index (κ2) is 6.60. The van der Waals surface area contributed by atoms with Crippen molar-refractivity contribution in [2.24, 2.45) is 0 Å². The van der Waals surface area contributed by atoms with Crippen molar-refractivity contribution in [1.29, 1.82) is 5.26 Å². The number of nitriles is 1. The minimum absolute atomic E-state index is 0.195. The SMILES string of the molecule is CSc1ccccc1C(=O)C(C#N)c1cccc(Cl)c1. The van der Waals surface area contributed by atoms with Crippen LogP contribution in [0.1, 0.15) is 21.8 Å². The fraction of sp³-hybridized carbons (Fsp3) is 0.125. The lowest BCUT2D eigenvalue weighted by Crippen LogP contribution is -2.12. The van der Waals surface area contributed by atoms with Crippen LogP contribution >= 0.6 is 23.4 Å². The van der Waals surface area contributed by atoms with Gasteiger partial charge < -0.3 is 0 Å². The van der Waals surface area contributed by atoms with Gasteiger partial charge in [-0.05, 0) is 30.0 Å². The van der Waals surface area contributed by atoms with Crippen LogP contribution in [0.2, 0.25) is 5.02 Å². The standard InChI is InChI=1S/C16H12ClNOS/c1-20-15-8-3-2-7-13(15)16(19)14(10-18)11-5-4-6-12(17)9-11/h2-9,14H,1H3. The van der Waals surface area contributed by atoms with E-state index in [1.807, 2.05) is 18.4 Å². The highest BCUT2D eigenvalue weighted by atomic mass is 35.5. The Balaban J connectivity index is 2.42. The van der Waals surface area contributed by atoms with Crippen LogP contribution in [0.3, 0.4) is 0 Å². The molecule has 0 aliphatic carbocycles. The topological polar surface area (TPSA) is 40.9 Å². The average molecular weight is 302 g/mol. The van der Waals surface area contributed by atoms with E-state index in [4.69, 9.17) is 11.6 Å². The van der Waals surface area contributed by atoms with Crippen LogP contribution in [-0.2, 0) is 0 Å². The average Bonchev–Trinajstić information content (AvgIpc) is 2.48. The van der Waals surface area contributed by atoms with Gasteiger partial charge in [0.05, 0.1) is 6.07 Å². The quantitative estimate of drug-likeness (QED) is 0.614. The maximum atomic E-state index is 12.6. The van der Waals surface area contributed by atoms with Crippen LogP contribution in [0.4, 0.5) is 0 Å². The summed E-state index contributed by atoms with van der Waals surface area (Å²) < 4.78 is 0. The molecule has 0 amide bonds. The first kappa shape index (κ1) is 14.6. The number of thioether (sulfide) groups is 1. The van der Waals surface area contributed by atoms with E-state index in [0.29, 0.717) is 16.1 Å². The van der Waals surface area contributed by atoms with Crippen molar-refractivity contribution in [3.05, 3.63) is 64.7 Å². The van der Waals surface area contributed by atoms with Crippen LogP contribution in [0.25, 0.3) is 0 Å². The maximum Gasteiger partial charge on any atom is 0.185 e. The zero-order valence-electron chi connectivity index (χ0n) is 10.8. The Morgan fingerprint density at radius 3 is 2.65 bits per heavy atom. The number of hydrogen-bond donors (Lipinski definition) is 0. The van der Waals surface area contributed by atoms with Gasteiger partial charge in [0.15, 0.2) is 5.78 Å². The first-order chi connectivity index (χ1) is 9.67. The van der Waals surface area contributed by atoms with E-state index in [1.165, 1.54) is 11.8 Å². The Morgan fingerprint density at radius 1 is 1.25 bits per heavy atom. The number of carbonyl (C=O) groups excluding carboxylic acids is 1. The van der Waals surface area contributed by atoms with E-state index >= 15 is 0 Å². The van der Waals surface area contributed by atoms with Gasteiger partial charge in [-0.15, -0.1) is 11.8 Å². The largest absolute Gasteiger partial charge is 0.292 e. The summed E-state index contributed by atoms with van der Waals surface area (Å²) in [6.45, 7) is 0. The van der Waals surface area contributed by atoms with E-state index in [1.54, 1.807) is 36.4 Å². The molecule has 1 unspecified atom stereocenters. The van der Waals surface area contributed by atoms with Crippen molar-refractivity contribution in [3.63, 3.8) is 0 Å². The lowest BCUT2D eigenvalue weighted by atomic mass is 9.92. The Labute approximate surface area is 127 Å². The molecule has 0 radical (unpaired) electrons. The molecule has 0 fully saturated rings. The van der Waals surface area contributed by atoms with Crippen LogP contribution in [0.5, 0.6) is 0 Å². The van der Waals surface area contributed by atoms with E-state index in [-0.39, 0.29) is 5.78 Å². The predicted octanol–water partition coefficient (Wildman–Crippen LogP) is 4.55. The van der Waals surface area contributed by atoms with Gasteiger partial charge in [-0.2, -0.15) is 5.26 Å². The fourth-order valence-electron chi connectivity index (χ4n) is 1.97. The minimum Gasteiger partial charge on any atom is -0.292 e. The van der Waals surface area contributed by atoms with Gasteiger partial charge in [0.1, 0.15) is 5.92 Å². The fourth-order valence-corrected chi connectivity index (χ4v) is 2.78. The molecular weight excluding hydrogens is 290 g/mol. The molecule has 0 heterocycles. The van der Waals surface area contributed by atoms with E-state index in [0.717, 1.165) is 4.90 Å². The van der Waals surface area contributed by atoms with Crippen molar-refractivity contribution >= 4 is 29.1 Å². The second-order valence-electron chi connectivity index (χ2n) is 4.18. The molecule has 0 aromatic heterocycles. The molecule has 0 aliphatic heterocycles. The number of benzene rings is 2. The van der Waals surface area contributed by atoms with Crippen LogP contribution in [0, 0.1) is 11.3 Å². The summed E-state index contributed by atoms with van der Waals surface area (Å²) in [6, 6.07) is 16.3. The normalized spacial score (nSPS) is 11.7. The molecule has 1 atom stereocenters. The third kappa shape index (κ3) is 3.04. The summed E-state index contributed by atoms with van der Waals surface area (Å²) in [7, 11) is 0.